The highest BCUT2D eigenvalue weighted by Gasteiger charge is 2.19. The second-order valence-corrected chi connectivity index (χ2v) is 15.8. The summed E-state index contributed by atoms with van der Waals surface area (Å²) >= 11 is 0. The van der Waals surface area contributed by atoms with Gasteiger partial charge in [-0.2, -0.15) is 0 Å². The lowest BCUT2D eigenvalue weighted by Crippen LogP contribution is -2.04. The van der Waals surface area contributed by atoms with Crippen LogP contribution in [0, 0.1) is 0 Å². The SMILES string of the molecule is C=C/C=C\C(=C/C)c1ccc(-c2ccc(-n3c4ccccc4c4ccc(-c5ccc6c7ccccc7n(-c7nc(-c8ccccc8)cc(-c8ccccc8)n7)c6c5)cc43)cc2)cc1. The summed E-state index contributed by atoms with van der Waals surface area (Å²) in [7, 11) is 0. The standard InChI is InChI=1S/C59H42N4/c1-3-5-16-40(4-2)41-25-27-42(28-26-41)43-29-33-48(34-30-43)62-55-23-14-12-21-49(55)51-35-31-46(37-57(51)62)47-32-36-52-50-22-13-15-24-56(50)63(58(52)38-47)59-60-53(44-17-8-6-9-18-44)39-54(61-59)45-19-10-7-11-20-45/h3-39H,1H2,2H3/b16-5-,40-4+. The average molecular weight is 807 g/mol. The van der Waals surface area contributed by atoms with Gasteiger partial charge in [0.2, 0.25) is 5.95 Å². The van der Waals surface area contributed by atoms with Crippen molar-refractivity contribution in [2.75, 3.05) is 0 Å². The molecular formula is C59H42N4. The van der Waals surface area contributed by atoms with Crippen molar-refractivity contribution in [3.63, 3.8) is 0 Å². The first-order chi connectivity index (χ1) is 31.1. The molecule has 0 spiro atoms. The smallest absolute Gasteiger partial charge is 0.235 e. The Labute approximate surface area is 366 Å². The highest BCUT2D eigenvalue weighted by Crippen LogP contribution is 2.39. The van der Waals surface area contributed by atoms with E-state index in [-0.39, 0.29) is 0 Å². The van der Waals surface area contributed by atoms with E-state index >= 15 is 0 Å². The minimum Gasteiger partial charge on any atom is -0.309 e. The summed E-state index contributed by atoms with van der Waals surface area (Å²) in [6, 6.07) is 71.5. The van der Waals surface area contributed by atoms with Crippen molar-refractivity contribution < 1.29 is 0 Å². The lowest BCUT2D eigenvalue weighted by molar-refractivity contribution is 0.996. The first kappa shape index (κ1) is 37.6. The van der Waals surface area contributed by atoms with Crippen LogP contribution in [-0.4, -0.2) is 19.1 Å². The van der Waals surface area contributed by atoms with Crippen molar-refractivity contribution in [3.05, 3.63) is 237 Å². The molecule has 3 aromatic heterocycles. The second-order valence-electron chi connectivity index (χ2n) is 15.8. The fourth-order valence-electron chi connectivity index (χ4n) is 9.03. The van der Waals surface area contributed by atoms with Crippen LogP contribution < -0.4 is 0 Å². The number of benzene rings is 8. The number of aromatic nitrogens is 4. The molecule has 0 N–H and O–H groups in total. The van der Waals surface area contributed by atoms with E-state index in [1.165, 1.54) is 38.6 Å². The Kier molecular flexibility index (Phi) is 9.52. The highest BCUT2D eigenvalue weighted by molar-refractivity contribution is 6.12. The molecule has 3 heterocycles. The van der Waals surface area contributed by atoms with Gasteiger partial charge in [0.05, 0.1) is 33.5 Å². The van der Waals surface area contributed by atoms with Gasteiger partial charge in [-0.3, -0.25) is 4.57 Å². The summed E-state index contributed by atoms with van der Waals surface area (Å²) in [6.07, 6.45) is 8.00. The first-order valence-electron chi connectivity index (χ1n) is 21.4. The Balaban J connectivity index is 1.04. The average Bonchev–Trinajstić information content (AvgIpc) is 3.87. The van der Waals surface area contributed by atoms with E-state index in [9.17, 15) is 0 Å². The molecule has 0 saturated carbocycles. The van der Waals surface area contributed by atoms with Crippen molar-refractivity contribution in [2.45, 2.75) is 6.92 Å². The van der Waals surface area contributed by atoms with Crippen LogP contribution in [0.25, 0.3) is 106 Å². The van der Waals surface area contributed by atoms with E-state index in [1.807, 2.05) is 18.2 Å². The van der Waals surface area contributed by atoms with Gasteiger partial charge in [-0.05, 0) is 82.8 Å². The van der Waals surface area contributed by atoms with Crippen LogP contribution in [0.2, 0.25) is 0 Å². The third-order valence-corrected chi connectivity index (χ3v) is 12.1. The maximum atomic E-state index is 5.27. The lowest BCUT2D eigenvalue weighted by atomic mass is 9.99. The largest absolute Gasteiger partial charge is 0.309 e. The van der Waals surface area contributed by atoms with E-state index in [4.69, 9.17) is 9.97 Å². The lowest BCUT2D eigenvalue weighted by Gasteiger charge is -2.12. The number of rotatable bonds is 9. The van der Waals surface area contributed by atoms with Crippen molar-refractivity contribution in [2.24, 2.45) is 0 Å². The van der Waals surface area contributed by atoms with Crippen molar-refractivity contribution >= 4 is 49.2 Å². The number of allylic oxidation sites excluding steroid dienone is 5. The van der Waals surface area contributed by atoms with Crippen molar-refractivity contribution in [3.8, 4) is 56.4 Å². The number of nitrogens with zero attached hydrogens (tertiary/aromatic N) is 4. The zero-order chi connectivity index (χ0) is 42.3. The normalized spacial score (nSPS) is 12.0. The van der Waals surface area contributed by atoms with Gasteiger partial charge in [0, 0.05) is 38.4 Å². The molecule has 4 nitrogen and oxygen atoms in total. The third-order valence-electron chi connectivity index (χ3n) is 12.1. The van der Waals surface area contributed by atoms with Crippen LogP contribution in [-0.2, 0) is 0 Å². The molecule has 0 saturated heterocycles. The summed E-state index contributed by atoms with van der Waals surface area (Å²) in [5.41, 5.74) is 16.4. The molecule has 298 valence electrons. The van der Waals surface area contributed by atoms with Crippen LogP contribution in [0.1, 0.15) is 12.5 Å². The molecule has 0 aliphatic carbocycles. The van der Waals surface area contributed by atoms with E-state index < -0.39 is 0 Å². The van der Waals surface area contributed by atoms with Gasteiger partial charge in [-0.1, -0.05) is 189 Å². The van der Waals surface area contributed by atoms with E-state index in [2.05, 4.69) is 223 Å². The van der Waals surface area contributed by atoms with Gasteiger partial charge in [0.25, 0.3) is 0 Å². The fourth-order valence-corrected chi connectivity index (χ4v) is 9.03. The van der Waals surface area contributed by atoms with Gasteiger partial charge in [0.1, 0.15) is 0 Å². The molecule has 0 amide bonds. The van der Waals surface area contributed by atoms with E-state index in [1.54, 1.807) is 6.08 Å². The molecule has 4 heteroatoms. The monoisotopic (exact) mass is 806 g/mol. The number of hydrogen-bond acceptors (Lipinski definition) is 2. The number of fused-ring (bicyclic) bond motifs is 6. The molecule has 0 fully saturated rings. The summed E-state index contributed by atoms with van der Waals surface area (Å²) in [6.45, 7) is 5.88. The van der Waals surface area contributed by atoms with E-state index in [0.29, 0.717) is 5.95 Å². The minimum absolute atomic E-state index is 0.636. The molecule has 8 aromatic carbocycles. The topological polar surface area (TPSA) is 35.6 Å². The molecule has 0 aliphatic rings. The fraction of sp³-hybridized carbons (Fsp3) is 0.0169. The van der Waals surface area contributed by atoms with Crippen molar-refractivity contribution in [1.82, 2.24) is 19.1 Å². The molecule has 0 radical (unpaired) electrons. The number of para-hydroxylation sites is 2. The van der Waals surface area contributed by atoms with E-state index in [0.717, 1.165) is 66.7 Å². The van der Waals surface area contributed by atoms with Gasteiger partial charge in [-0.15, -0.1) is 0 Å². The molecule has 63 heavy (non-hydrogen) atoms. The van der Waals surface area contributed by atoms with Gasteiger partial charge >= 0.3 is 0 Å². The van der Waals surface area contributed by atoms with Gasteiger partial charge in [0.15, 0.2) is 0 Å². The van der Waals surface area contributed by atoms with Crippen LogP contribution in [0.3, 0.4) is 0 Å². The number of hydrogen-bond donors (Lipinski definition) is 0. The molecular weight excluding hydrogens is 765 g/mol. The Bertz CT molecular complexity index is 3490. The van der Waals surface area contributed by atoms with Crippen LogP contribution in [0.15, 0.2) is 231 Å². The highest BCUT2D eigenvalue weighted by atomic mass is 15.2. The van der Waals surface area contributed by atoms with Gasteiger partial charge in [-0.25, -0.2) is 9.97 Å². The summed E-state index contributed by atoms with van der Waals surface area (Å²) in [5.74, 6) is 0.636. The Morgan fingerprint density at radius 3 is 1.43 bits per heavy atom. The summed E-state index contributed by atoms with van der Waals surface area (Å²) < 4.78 is 4.63. The quantitative estimate of drug-likeness (QED) is 0.136. The summed E-state index contributed by atoms with van der Waals surface area (Å²) in [5, 5.41) is 4.76. The molecule has 0 atom stereocenters. The zero-order valence-corrected chi connectivity index (χ0v) is 34.9. The summed E-state index contributed by atoms with van der Waals surface area (Å²) in [4.78, 5) is 10.5. The van der Waals surface area contributed by atoms with Crippen LogP contribution in [0.5, 0.6) is 0 Å². The van der Waals surface area contributed by atoms with Gasteiger partial charge < -0.3 is 4.57 Å². The third kappa shape index (κ3) is 6.75. The second kappa shape index (κ2) is 15.9. The maximum Gasteiger partial charge on any atom is 0.235 e. The molecule has 0 aliphatic heterocycles. The predicted molar refractivity (Wildman–Crippen MR) is 265 cm³/mol. The molecule has 11 aromatic rings. The molecule has 0 unspecified atom stereocenters. The Morgan fingerprint density at radius 2 is 0.889 bits per heavy atom. The molecule has 11 rings (SSSR count). The zero-order valence-electron chi connectivity index (χ0n) is 34.9. The van der Waals surface area contributed by atoms with Crippen LogP contribution >= 0.6 is 0 Å². The Morgan fingerprint density at radius 1 is 0.429 bits per heavy atom. The Hall–Kier alpha value is -8.34. The first-order valence-corrected chi connectivity index (χ1v) is 21.4. The minimum atomic E-state index is 0.636. The van der Waals surface area contributed by atoms with Crippen LogP contribution in [0.4, 0.5) is 0 Å². The maximum absolute atomic E-state index is 5.27. The molecule has 0 bridgehead atoms. The van der Waals surface area contributed by atoms with Crippen molar-refractivity contribution in [1.29, 1.82) is 0 Å². The predicted octanol–water partition coefficient (Wildman–Crippen LogP) is 15.5.